The molecule has 1 aromatic heterocycles. The first-order valence-corrected chi connectivity index (χ1v) is 13.3. The highest BCUT2D eigenvalue weighted by Gasteiger charge is 2.43. The van der Waals surface area contributed by atoms with Gasteiger partial charge in [0.15, 0.2) is 0 Å². The van der Waals surface area contributed by atoms with Gasteiger partial charge in [0.25, 0.3) is 0 Å². The van der Waals surface area contributed by atoms with Gasteiger partial charge in [-0.05, 0) is 55.0 Å². The lowest BCUT2D eigenvalue weighted by Crippen LogP contribution is -2.47. The second-order valence-corrected chi connectivity index (χ2v) is 11.3. The molecule has 0 amide bonds. The standard InChI is InChI=1S/C30H34N4O2/c1-22-2-4-24(5-3-22)30(20-36-21-30)25-6-8-26(9-7-25)33-13-10-23-16-31-28(32-27(23)17-33)34-14-11-29(18-34)12-15-35-19-29/h2-9,16H,10-15,17-21H2,1H3. The molecule has 4 aliphatic rings. The monoisotopic (exact) mass is 482 g/mol. The van der Waals surface area contributed by atoms with Crippen LogP contribution in [0.3, 0.4) is 0 Å². The molecule has 5 heterocycles. The maximum atomic E-state index is 5.71. The molecule has 4 aliphatic heterocycles. The van der Waals surface area contributed by atoms with Gasteiger partial charge in [-0.25, -0.2) is 9.97 Å². The zero-order chi connectivity index (χ0) is 24.2. The van der Waals surface area contributed by atoms with Crippen molar-refractivity contribution in [3.05, 3.63) is 82.7 Å². The normalized spacial score (nSPS) is 24.7. The largest absolute Gasteiger partial charge is 0.381 e. The van der Waals surface area contributed by atoms with Crippen molar-refractivity contribution in [2.45, 2.75) is 38.1 Å². The van der Waals surface area contributed by atoms with Crippen LogP contribution in [0.4, 0.5) is 11.6 Å². The van der Waals surface area contributed by atoms with Gasteiger partial charge in [0.05, 0.1) is 37.5 Å². The van der Waals surface area contributed by atoms with Crippen LogP contribution in [0.15, 0.2) is 54.7 Å². The smallest absolute Gasteiger partial charge is 0.225 e. The van der Waals surface area contributed by atoms with Crippen molar-refractivity contribution in [3.63, 3.8) is 0 Å². The molecule has 3 saturated heterocycles. The fourth-order valence-corrected chi connectivity index (χ4v) is 6.41. The minimum absolute atomic E-state index is 0.0275. The maximum Gasteiger partial charge on any atom is 0.225 e. The number of aryl methyl sites for hydroxylation is 1. The number of ether oxygens (including phenoxy) is 2. The highest BCUT2D eigenvalue weighted by atomic mass is 16.5. The zero-order valence-electron chi connectivity index (χ0n) is 21.1. The number of nitrogens with zero attached hydrogens (tertiary/aromatic N) is 4. The first-order valence-electron chi connectivity index (χ1n) is 13.3. The molecule has 7 rings (SSSR count). The number of aromatic nitrogens is 2. The predicted octanol–water partition coefficient (Wildman–Crippen LogP) is 4.28. The lowest BCUT2D eigenvalue weighted by molar-refractivity contribution is -0.0379. The minimum Gasteiger partial charge on any atom is -0.381 e. The molecule has 6 heteroatoms. The molecule has 0 N–H and O–H groups in total. The summed E-state index contributed by atoms with van der Waals surface area (Å²) in [5, 5.41) is 0. The lowest BCUT2D eigenvalue weighted by atomic mass is 9.73. The van der Waals surface area contributed by atoms with Crippen LogP contribution in [0.1, 0.15) is 40.8 Å². The summed E-state index contributed by atoms with van der Waals surface area (Å²) in [7, 11) is 0. The Labute approximate surface area is 213 Å². The third-order valence-corrected chi connectivity index (χ3v) is 8.93. The van der Waals surface area contributed by atoms with E-state index in [0.717, 1.165) is 71.4 Å². The first kappa shape index (κ1) is 22.3. The molecule has 2 aromatic carbocycles. The van der Waals surface area contributed by atoms with Crippen molar-refractivity contribution in [1.29, 1.82) is 0 Å². The molecular formula is C30H34N4O2. The van der Waals surface area contributed by atoms with Crippen molar-refractivity contribution in [2.75, 3.05) is 55.9 Å². The molecule has 3 aromatic rings. The Bertz CT molecular complexity index is 1250. The quantitative estimate of drug-likeness (QED) is 0.553. The Kier molecular flexibility index (Phi) is 5.29. The van der Waals surface area contributed by atoms with Crippen molar-refractivity contribution in [3.8, 4) is 0 Å². The summed E-state index contributed by atoms with van der Waals surface area (Å²) in [5.41, 5.74) is 7.97. The highest BCUT2D eigenvalue weighted by Crippen LogP contribution is 2.41. The highest BCUT2D eigenvalue weighted by molar-refractivity contribution is 5.53. The fraction of sp³-hybridized carbons (Fsp3) is 0.467. The van der Waals surface area contributed by atoms with Crippen molar-refractivity contribution >= 4 is 11.6 Å². The fourth-order valence-electron chi connectivity index (χ4n) is 6.41. The lowest BCUT2D eigenvalue weighted by Gasteiger charge is -2.43. The summed E-state index contributed by atoms with van der Waals surface area (Å²) in [6, 6.07) is 18.1. The molecule has 0 aliphatic carbocycles. The molecule has 36 heavy (non-hydrogen) atoms. The molecular weight excluding hydrogens is 448 g/mol. The van der Waals surface area contributed by atoms with Crippen molar-refractivity contribution in [1.82, 2.24) is 9.97 Å². The SMILES string of the molecule is Cc1ccc(C2(c3ccc(N4CCc5cnc(N6CCC7(CCOC7)C6)nc5C4)cc3)COC2)cc1. The second kappa shape index (κ2) is 8.56. The molecule has 0 radical (unpaired) electrons. The van der Waals surface area contributed by atoms with Crippen molar-refractivity contribution in [2.24, 2.45) is 5.41 Å². The number of hydrogen-bond donors (Lipinski definition) is 0. The van der Waals surface area contributed by atoms with Gasteiger partial charge in [0, 0.05) is 43.5 Å². The maximum absolute atomic E-state index is 5.71. The van der Waals surface area contributed by atoms with Crippen LogP contribution < -0.4 is 9.80 Å². The van der Waals surface area contributed by atoms with E-state index in [9.17, 15) is 0 Å². The Balaban J connectivity index is 1.09. The Hall–Kier alpha value is -2.96. The van der Waals surface area contributed by atoms with Crippen LogP contribution in [0.25, 0.3) is 0 Å². The van der Waals surface area contributed by atoms with E-state index in [0.29, 0.717) is 5.41 Å². The zero-order valence-corrected chi connectivity index (χ0v) is 21.1. The number of fused-ring (bicyclic) bond motifs is 1. The van der Waals surface area contributed by atoms with Gasteiger partial charge in [0.1, 0.15) is 0 Å². The van der Waals surface area contributed by atoms with Gasteiger partial charge in [-0.3, -0.25) is 0 Å². The first-order chi connectivity index (χ1) is 17.6. The Morgan fingerprint density at radius 1 is 0.833 bits per heavy atom. The van der Waals surface area contributed by atoms with Gasteiger partial charge in [-0.1, -0.05) is 42.0 Å². The molecule has 0 bridgehead atoms. The van der Waals surface area contributed by atoms with E-state index in [2.05, 4.69) is 71.5 Å². The van der Waals surface area contributed by atoms with Gasteiger partial charge < -0.3 is 19.3 Å². The second-order valence-electron chi connectivity index (χ2n) is 11.3. The van der Waals surface area contributed by atoms with Crippen LogP contribution in [0.5, 0.6) is 0 Å². The number of benzene rings is 2. The van der Waals surface area contributed by atoms with E-state index in [4.69, 9.17) is 19.4 Å². The molecule has 0 saturated carbocycles. The average Bonchev–Trinajstić information content (AvgIpc) is 3.54. The van der Waals surface area contributed by atoms with E-state index < -0.39 is 0 Å². The average molecular weight is 483 g/mol. The van der Waals surface area contributed by atoms with E-state index in [1.165, 1.54) is 40.1 Å². The number of anilines is 2. The van der Waals surface area contributed by atoms with Crippen LogP contribution in [-0.4, -0.2) is 56.0 Å². The van der Waals surface area contributed by atoms with E-state index in [1.807, 2.05) is 0 Å². The van der Waals surface area contributed by atoms with Crippen molar-refractivity contribution < 1.29 is 9.47 Å². The summed E-state index contributed by atoms with van der Waals surface area (Å²) >= 11 is 0. The van der Waals surface area contributed by atoms with Gasteiger partial charge in [0.2, 0.25) is 5.95 Å². The van der Waals surface area contributed by atoms with E-state index in [1.54, 1.807) is 0 Å². The third kappa shape index (κ3) is 3.70. The van der Waals surface area contributed by atoms with Crippen LogP contribution >= 0.6 is 0 Å². The summed E-state index contributed by atoms with van der Waals surface area (Å²) in [6.45, 7) is 9.28. The number of rotatable bonds is 4. The predicted molar refractivity (Wildman–Crippen MR) is 141 cm³/mol. The number of hydrogen-bond acceptors (Lipinski definition) is 6. The minimum atomic E-state index is -0.0275. The summed E-state index contributed by atoms with van der Waals surface area (Å²) in [4.78, 5) is 14.6. The summed E-state index contributed by atoms with van der Waals surface area (Å²) in [6.07, 6.45) is 5.39. The van der Waals surface area contributed by atoms with Crippen LogP contribution in [0.2, 0.25) is 0 Å². The van der Waals surface area contributed by atoms with Gasteiger partial charge in [-0.15, -0.1) is 0 Å². The van der Waals surface area contributed by atoms with Crippen LogP contribution in [-0.2, 0) is 27.9 Å². The molecule has 3 fully saturated rings. The van der Waals surface area contributed by atoms with Gasteiger partial charge >= 0.3 is 0 Å². The Morgan fingerprint density at radius 2 is 1.61 bits per heavy atom. The summed E-state index contributed by atoms with van der Waals surface area (Å²) < 4.78 is 11.4. The third-order valence-electron chi connectivity index (χ3n) is 8.93. The molecule has 6 nitrogen and oxygen atoms in total. The van der Waals surface area contributed by atoms with E-state index in [-0.39, 0.29) is 5.41 Å². The van der Waals surface area contributed by atoms with E-state index >= 15 is 0 Å². The molecule has 1 spiro atoms. The molecule has 1 unspecified atom stereocenters. The van der Waals surface area contributed by atoms with Gasteiger partial charge in [-0.2, -0.15) is 0 Å². The summed E-state index contributed by atoms with van der Waals surface area (Å²) in [5.74, 6) is 0.889. The Morgan fingerprint density at radius 3 is 2.31 bits per heavy atom. The molecule has 1 atom stereocenters. The topological polar surface area (TPSA) is 50.7 Å². The van der Waals surface area contributed by atoms with Crippen LogP contribution in [0, 0.1) is 12.3 Å². The molecule has 186 valence electrons.